The van der Waals surface area contributed by atoms with Gasteiger partial charge < -0.3 is 21.9 Å². The molecule has 8 heteroatoms. The summed E-state index contributed by atoms with van der Waals surface area (Å²) in [6.45, 7) is 0.822. The van der Waals surface area contributed by atoms with Crippen LogP contribution in [0.5, 0.6) is 0 Å². The highest BCUT2D eigenvalue weighted by molar-refractivity contribution is 5.66. The van der Waals surface area contributed by atoms with Crippen molar-refractivity contribution in [3.05, 3.63) is 0 Å². The van der Waals surface area contributed by atoms with E-state index < -0.39 is 5.97 Å². The first-order chi connectivity index (χ1) is 14.1. The lowest BCUT2D eigenvalue weighted by Crippen LogP contribution is -2.10. The van der Waals surface area contributed by atoms with Gasteiger partial charge in [-0.3, -0.25) is 4.79 Å². The topological polar surface area (TPSA) is 140 Å². The number of carboxylic acids is 1. The summed E-state index contributed by atoms with van der Waals surface area (Å²) in [5, 5.41) is 11.7. The molecule has 8 nitrogen and oxygen atoms in total. The van der Waals surface area contributed by atoms with Gasteiger partial charge in [0.15, 0.2) is 0 Å². The van der Waals surface area contributed by atoms with E-state index in [4.69, 9.17) is 16.6 Å². The molecule has 1 aromatic rings. The van der Waals surface area contributed by atoms with Crippen LogP contribution in [-0.2, 0) is 4.79 Å². The quantitative estimate of drug-likeness (QED) is 0.240. The molecule has 0 spiro atoms. The number of anilines is 3. The van der Waals surface area contributed by atoms with Crippen LogP contribution in [0.25, 0.3) is 0 Å². The van der Waals surface area contributed by atoms with E-state index in [1.165, 1.54) is 77.0 Å². The van der Waals surface area contributed by atoms with Crippen LogP contribution in [0.1, 0.15) is 103 Å². The molecule has 0 atom stereocenters. The Bertz CT molecular complexity index is 536. The molecule has 1 heterocycles. The molecule has 166 valence electrons. The van der Waals surface area contributed by atoms with E-state index in [1.807, 2.05) is 0 Å². The van der Waals surface area contributed by atoms with Crippen molar-refractivity contribution in [2.45, 2.75) is 103 Å². The third-order valence-electron chi connectivity index (χ3n) is 5.02. The summed E-state index contributed by atoms with van der Waals surface area (Å²) in [6, 6.07) is 0. The van der Waals surface area contributed by atoms with Gasteiger partial charge in [0.25, 0.3) is 0 Å². The Kier molecular flexibility index (Phi) is 14.4. The molecule has 6 N–H and O–H groups in total. The van der Waals surface area contributed by atoms with Crippen LogP contribution < -0.4 is 16.8 Å². The van der Waals surface area contributed by atoms with Gasteiger partial charge in [-0.2, -0.15) is 15.0 Å². The van der Waals surface area contributed by atoms with Crippen molar-refractivity contribution in [1.29, 1.82) is 0 Å². The lowest BCUT2D eigenvalue weighted by atomic mass is 10.0. The molecule has 0 aliphatic rings. The molecule has 0 saturated heterocycles. The number of nitrogens with zero attached hydrogens (tertiary/aromatic N) is 3. The fourth-order valence-corrected chi connectivity index (χ4v) is 3.39. The number of nitrogen functional groups attached to an aromatic ring is 2. The summed E-state index contributed by atoms with van der Waals surface area (Å²) >= 11 is 0. The van der Waals surface area contributed by atoms with Gasteiger partial charge in [-0.1, -0.05) is 83.5 Å². The van der Waals surface area contributed by atoms with Crippen molar-refractivity contribution in [3.8, 4) is 0 Å². The summed E-state index contributed by atoms with van der Waals surface area (Å²) in [5.41, 5.74) is 11.1. The van der Waals surface area contributed by atoms with Gasteiger partial charge in [-0.15, -0.1) is 0 Å². The van der Waals surface area contributed by atoms with E-state index in [1.54, 1.807) is 0 Å². The lowest BCUT2D eigenvalue weighted by molar-refractivity contribution is -0.137. The van der Waals surface area contributed by atoms with E-state index >= 15 is 0 Å². The molecule has 0 aliphatic heterocycles. The standard InChI is InChI=1S/C21H40N6O2/c22-19-25-20(23)27-21(26-19)24-17-15-13-11-9-7-5-3-1-2-4-6-8-10-12-14-16-18(28)29/h1-17H2,(H,28,29)(H5,22,23,24,25,26,27). The third-order valence-corrected chi connectivity index (χ3v) is 5.02. The molecular formula is C21H40N6O2. The zero-order chi connectivity index (χ0) is 21.2. The smallest absolute Gasteiger partial charge is 0.303 e. The zero-order valence-corrected chi connectivity index (χ0v) is 17.9. The molecule has 1 aromatic heterocycles. The highest BCUT2D eigenvalue weighted by atomic mass is 16.4. The second kappa shape index (κ2) is 16.8. The van der Waals surface area contributed by atoms with E-state index in [0.29, 0.717) is 12.4 Å². The lowest BCUT2D eigenvalue weighted by Gasteiger charge is -2.06. The average molecular weight is 409 g/mol. The summed E-state index contributed by atoms with van der Waals surface area (Å²) in [6.07, 6.45) is 18.8. The van der Waals surface area contributed by atoms with Crippen molar-refractivity contribution < 1.29 is 9.90 Å². The van der Waals surface area contributed by atoms with Crippen LogP contribution in [0, 0.1) is 0 Å². The molecule has 0 aliphatic carbocycles. The molecule has 29 heavy (non-hydrogen) atoms. The molecular weight excluding hydrogens is 368 g/mol. The first-order valence-corrected chi connectivity index (χ1v) is 11.3. The summed E-state index contributed by atoms with van der Waals surface area (Å²) < 4.78 is 0. The van der Waals surface area contributed by atoms with Crippen molar-refractivity contribution in [3.63, 3.8) is 0 Å². The number of aliphatic carboxylic acids is 1. The number of carboxylic acid groups (broad SMARTS) is 1. The van der Waals surface area contributed by atoms with Crippen LogP contribution in [0.3, 0.4) is 0 Å². The normalized spacial score (nSPS) is 10.9. The van der Waals surface area contributed by atoms with Gasteiger partial charge in [-0.25, -0.2) is 0 Å². The van der Waals surface area contributed by atoms with Crippen molar-refractivity contribution in [2.75, 3.05) is 23.3 Å². The second-order valence-electron chi connectivity index (χ2n) is 7.75. The minimum Gasteiger partial charge on any atom is -0.481 e. The fourth-order valence-electron chi connectivity index (χ4n) is 3.39. The predicted octanol–water partition coefficient (Wildman–Crippen LogP) is 4.77. The van der Waals surface area contributed by atoms with Gasteiger partial charge in [-0.05, 0) is 12.8 Å². The van der Waals surface area contributed by atoms with Crippen LogP contribution in [0.2, 0.25) is 0 Å². The van der Waals surface area contributed by atoms with Crippen molar-refractivity contribution in [1.82, 2.24) is 15.0 Å². The largest absolute Gasteiger partial charge is 0.481 e. The Balaban J connectivity index is 1.76. The Morgan fingerprint density at radius 1 is 0.655 bits per heavy atom. The molecule has 0 unspecified atom stereocenters. The highest BCUT2D eigenvalue weighted by Gasteiger charge is 2.00. The number of hydrogen-bond acceptors (Lipinski definition) is 7. The SMILES string of the molecule is Nc1nc(N)nc(NCCCCCCCCCCCCCCCCCC(=O)O)n1. The van der Waals surface area contributed by atoms with E-state index in [9.17, 15) is 4.79 Å². The van der Waals surface area contributed by atoms with Crippen molar-refractivity contribution >= 4 is 23.8 Å². The van der Waals surface area contributed by atoms with Crippen LogP contribution >= 0.6 is 0 Å². The number of unbranched alkanes of at least 4 members (excludes halogenated alkanes) is 14. The number of nitrogens with two attached hydrogens (primary N) is 2. The molecule has 0 amide bonds. The van der Waals surface area contributed by atoms with Crippen LogP contribution in [0.4, 0.5) is 17.8 Å². The summed E-state index contributed by atoms with van der Waals surface area (Å²) in [4.78, 5) is 22.1. The second-order valence-corrected chi connectivity index (χ2v) is 7.75. The number of nitrogens with one attached hydrogen (secondary N) is 1. The Morgan fingerprint density at radius 2 is 1.03 bits per heavy atom. The van der Waals surface area contributed by atoms with Gasteiger partial charge in [0.2, 0.25) is 17.8 Å². The Labute approximate surface area is 175 Å². The Hall–Kier alpha value is -2.12. The minimum atomic E-state index is -0.671. The predicted molar refractivity (Wildman–Crippen MR) is 119 cm³/mol. The van der Waals surface area contributed by atoms with E-state index in [-0.39, 0.29) is 11.9 Å². The molecule has 0 aromatic carbocycles. The van der Waals surface area contributed by atoms with Gasteiger partial charge in [0, 0.05) is 13.0 Å². The number of carbonyl (C=O) groups is 1. The molecule has 0 fully saturated rings. The van der Waals surface area contributed by atoms with Gasteiger partial charge in [0.05, 0.1) is 0 Å². The molecule has 0 saturated carbocycles. The maximum Gasteiger partial charge on any atom is 0.303 e. The summed E-state index contributed by atoms with van der Waals surface area (Å²) in [5.74, 6) is 0.0734. The fraction of sp³-hybridized carbons (Fsp3) is 0.810. The molecule has 0 radical (unpaired) electrons. The van der Waals surface area contributed by atoms with Crippen LogP contribution in [-0.4, -0.2) is 32.6 Å². The maximum absolute atomic E-state index is 10.4. The highest BCUT2D eigenvalue weighted by Crippen LogP contribution is 2.14. The maximum atomic E-state index is 10.4. The monoisotopic (exact) mass is 408 g/mol. The number of rotatable bonds is 19. The number of hydrogen-bond donors (Lipinski definition) is 4. The van der Waals surface area contributed by atoms with E-state index in [2.05, 4.69) is 20.3 Å². The average Bonchev–Trinajstić information content (AvgIpc) is 2.66. The summed E-state index contributed by atoms with van der Waals surface area (Å²) in [7, 11) is 0. The van der Waals surface area contributed by atoms with Crippen molar-refractivity contribution in [2.24, 2.45) is 0 Å². The van der Waals surface area contributed by atoms with E-state index in [0.717, 1.165) is 25.8 Å². The Morgan fingerprint density at radius 3 is 1.45 bits per heavy atom. The third kappa shape index (κ3) is 15.5. The van der Waals surface area contributed by atoms with Gasteiger partial charge in [0.1, 0.15) is 0 Å². The van der Waals surface area contributed by atoms with Gasteiger partial charge >= 0.3 is 5.97 Å². The number of aromatic nitrogens is 3. The molecule has 1 rings (SSSR count). The first-order valence-electron chi connectivity index (χ1n) is 11.3. The first kappa shape index (κ1) is 24.9. The zero-order valence-electron chi connectivity index (χ0n) is 17.9. The molecule has 0 bridgehead atoms. The van der Waals surface area contributed by atoms with Crippen LogP contribution in [0.15, 0.2) is 0 Å². The minimum absolute atomic E-state index is 0.146.